The Bertz CT molecular complexity index is 340. The molecule has 2 unspecified atom stereocenters. The van der Waals surface area contributed by atoms with Gasteiger partial charge in [0.15, 0.2) is 0 Å². The summed E-state index contributed by atoms with van der Waals surface area (Å²) in [6.45, 7) is 5.17. The van der Waals surface area contributed by atoms with Crippen molar-refractivity contribution < 1.29 is 4.74 Å². The topological polar surface area (TPSA) is 34.2 Å². The molecule has 1 N–H and O–H groups in total. The standard InChI is InChI=1S/C13H20N2O/c1-3-12-8-11(5-7-16-12)15-13-9-14-6-4-10(13)2/h4,6,9,11-12,15H,3,5,7-8H2,1-2H3. The van der Waals surface area contributed by atoms with Gasteiger partial charge in [0.1, 0.15) is 0 Å². The Morgan fingerprint density at radius 3 is 3.19 bits per heavy atom. The first-order chi connectivity index (χ1) is 7.79. The summed E-state index contributed by atoms with van der Waals surface area (Å²) < 4.78 is 5.67. The van der Waals surface area contributed by atoms with Crippen molar-refractivity contribution >= 4 is 5.69 Å². The van der Waals surface area contributed by atoms with Crippen LogP contribution in [0.2, 0.25) is 0 Å². The van der Waals surface area contributed by atoms with E-state index in [1.807, 2.05) is 18.5 Å². The zero-order valence-corrected chi connectivity index (χ0v) is 10.1. The molecule has 16 heavy (non-hydrogen) atoms. The van der Waals surface area contributed by atoms with Crippen LogP contribution in [0.25, 0.3) is 0 Å². The molecule has 1 aliphatic heterocycles. The molecule has 0 spiro atoms. The largest absolute Gasteiger partial charge is 0.381 e. The molecule has 0 aromatic carbocycles. The number of nitrogens with one attached hydrogen (secondary N) is 1. The Morgan fingerprint density at radius 2 is 2.44 bits per heavy atom. The minimum Gasteiger partial charge on any atom is -0.381 e. The van der Waals surface area contributed by atoms with Gasteiger partial charge in [-0.25, -0.2) is 0 Å². The van der Waals surface area contributed by atoms with Crippen LogP contribution < -0.4 is 5.32 Å². The van der Waals surface area contributed by atoms with Gasteiger partial charge in [-0.3, -0.25) is 4.98 Å². The smallest absolute Gasteiger partial charge is 0.0592 e. The molecule has 1 aromatic heterocycles. The van der Waals surface area contributed by atoms with E-state index in [0.29, 0.717) is 12.1 Å². The number of hydrogen-bond acceptors (Lipinski definition) is 3. The quantitative estimate of drug-likeness (QED) is 0.850. The van der Waals surface area contributed by atoms with Gasteiger partial charge in [0.05, 0.1) is 18.0 Å². The fraction of sp³-hybridized carbons (Fsp3) is 0.615. The Kier molecular flexibility index (Phi) is 3.78. The third-order valence-electron chi connectivity index (χ3n) is 3.22. The summed E-state index contributed by atoms with van der Waals surface area (Å²) in [5.41, 5.74) is 2.42. The highest BCUT2D eigenvalue weighted by Crippen LogP contribution is 2.21. The molecule has 0 saturated carbocycles. The second-order valence-electron chi connectivity index (χ2n) is 4.46. The van der Waals surface area contributed by atoms with Gasteiger partial charge in [-0.15, -0.1) is 0 Å². The molecule has 0 aliphatic carbocycles. The number of nitrogens with zero attached hydrogens (tertiary/aromatic N) is 1. The highest BCUT2D eigenvalue weighted by Gasteiger charge is 2.21. The molecular weight excluding hydrogens is 200 g/mol. The summed E-state index contributed by atoms with van der Waals surface area (Å²) in [5, 5.41) is 3.57. The highest BCUT2D eigenvalue weighted by molar-refractivity contribution is 5.48. The van der Waals surface area contributed by atoms with Crippen LogP contribution in [0, 0.1) is 6.92 Å². The first-order valence-corrected chi connectivity index (χ1v) is 6.08. The fourth-order valence-electron chi connectivity index (χ4n) is 2.13. The van der Waals surface area contributed by atoms with Gasteiger partial charge in [-0.2, -0.15) is 0 Å². The van der Waals surface area contributed by atoms with Gasteiger partial charge < -0.3 is 10.1 Å². The van der Waals surface area contributed by atoms with E-state index in [1.54, 1.807) is 0 Å². The van der Waals surface area contributed by atoms with Gasteiger partial charge in [0.25, 0.3) is 0 Å². The van der Waals surface area contributed by atoms with Gasteiger partial charge in [-0.05, 0) is 37.8 Å². The van der Waals surface area contributed by atoms with Crippen molar-refractivity contribution in [2.45, 2.75) is 45.3 Å². The summed E-state index contributed by atoms with van der Waals surface area (Å²) in [5.74, 6) is 0. The van der Waals surface area contributed by atoms with E-state index in [1.165, 1.54) is 5.56 Å². The van der Waals surface area contributed by atoms with E-state index in [2.05, 4.69) is 24.1 Å². The second kappa shape index (κ2) is 5.30. The number of rotatable bonds is 3. The van der Waals surface area contributed by atoms with Crippen LogP contribution in [0.3, 0.4) is 0 Å². The zero-order valence-electron chi connectivity index (χ0n) is 10.1. The average molecular weight is 220 g/mol. The maximum absolute atomic E-state index is 5.67. The summed E-state index contributed by atoms with van der Waals surface area (Å²) in [6.07, 6.45) is 7.45. The molecule has 88 valence electrons. The lowest BCUT2D eigenvalue weighted by atomic mass is 10.0. The van der Waals surface area contributed by atoms with Crippen LogP contribution in [0.1, 0.15) is 31.7 Å². The number of aromatic nitrogens is 1. The number of pyridine rings is 1. The van der Waals surface area contributed by atoms with Crippen molar-refractivity contribution in [1.82, 2.24) is 4.98 Å². The molecule has 2 heterocycles. The van der Waals surface area contributed by atoms with Crippen molar-refractivity contribution in [2.75, 3.05) is 11.9 Å². The maximum Gasteiger partial charge on any atom is 0.0592 e. The van der Waals surface area contributed by atoms with E-state index in [0.717, 1.165) is 31.6 Å². The minimum absolute atomic E-state index is 0.420. The molecule has 3 nitrogen and oxygen atoms in total. The van der Waals surface area contributed by atoms with Gasteiger partial charge in [0.2, 0.25) is 0 Å². The molecule has 2 atom stereocenters. The van der Waals surface area contributed by atoms with Crippen LogP contribution in [0.15, 0.2) is 18.5 Å². The lowest BCUT2D eigenvalue weighted by Gasteiger charge is -2.30. The van der Waals surface area contributed by atoms with Crippen LogP contribution in [0.4, 0.5) is 5.69 Å². The Labute approximate surface area is 97.2 Å². The second-order valence-corrected chi connectivity index (χ2v) is 4.46. The van der Waals surface area contributed by atoms with E-state index in [4.69, 9.17) is 4.74 Å². The van der Waals surface area contributed by atoms with E-state index >= 15 is 0 Å². The summed E-state index contributed by atoms with van der Waals surface area (Å²) in [6, 6.07) is 2.57. The molecule has 1 saturated heterocycles. The highest BCUT2D eigenvalue weighted by atomic mass is 16.5. The molecule has 0 radical (unpaired) electrons. The first-order valence-electron chi connectivity index (χ1n) is 6.08. The number of anilines is 1. The van der Waals surface area contributed by atoms with Crippen molar-refractivity contribution in [1.29, 1.82) is 0 Å². The third kappa shape index (κ3) is 2.73. The monoisotopic (exact) mass is 220 g/mol. The van der Waals surface area contributed by atoms with Gasteiger partial charge in [-0.1, -0.05) is 6.92 Å². The van der Waals surface area contributed by atoms with Crippen molar-refractivity contribution in [3.8, 4) is 0 Å². The average Bonchev–Trinajstić information content (AvgIpc) is 2.32. The first kappa shape index (κ1) is 11.4. The van der Waals surface area contributed by atoms with Crippen molar-refractivity contribution in [3.63, 3.8) is 0 Å². The van der Waals surface area contributed by atoms with E-state index in [9.17, 15) is 0 Å². The Balaban J connectivity index is 1.97. The Morgan fingerprint density at radius 1 is 1.56 bits per heavy atom. The minimum atomic E-state index is 0.420. The van der Waals surface area contributed by atoms with Gasteiger partial charge >= 0.3 is 0 Å². The number of ether oxygens (including phenoxy) is 1. The lowest BCUT2D eigenvalue weighted by molar-refractivity contribution is 0.00924. The van der Waals surface area contributed by atoms with Crippen LogP contribution >= 0.6 is 0 Å². The van der Waals surface area contributed by atoms with Crippen molar-refractivity contribution in [2.24, 2.45) is 0 Å². The molecule has 1 aromatic rings. The summed E-state index contributed by atoms with van der Waals surface area (Å²) in [4.78, 5) is 4.16. The van der Waals surface area contributed by atoms with E-state index in [-0.39, 0.29) is 0 Å². The number of aryl methyl sites for hydroxylation is 1. The molecule has 0 bridgehead atoms. The molecular formula is C13H20N2O. The van der Waals surface area contributed by atoms with Crippen LogP contribution in [-0.2, 0) is 4.74 Å². The zero-order chi connectivity index (χ0) is 11.4. The molecule has 2 rings (SSSR count). The molecule has 3 heteroatoms. The molecule has 0 amide bonds. The van der Waals surface area contributed by atoms with Crippen LogP contribution in [-0.4, -0.2) is 23.7 Å². The predicted molar refractivity (Wildman–Crippen MR) is 65.6 cm³/mol. The molecule has 1 fully saturated rings. The third-order valence-corrected chi connectivity index (χ3v) is 3.22. The summed E-state index contributed by atoms with van der Waals surface area (Å²) >= 11 is 0. The number of hydrogen-bond donors (Lipinski definition) is 1. The summed E-state index contributed by atoms with van der Waals surface area (Å²) in [7, 11) is 0. The fourth-order valence-corrected chi connectivity index (χ4v) is 2.13. The molecule has 1 aliphatic rings. The normalized spacial score (nSPS) is 25.4. The van der Waals surface area contributed by atoms with Crippen LogP contribution in [0.5, 0.6) is 0 Å². The Hall–Kier alpha value is -1.09. The van der Waals surface area contributed by atoms with Gasteiger partial charge in [0, 0.05) is 18.8 Å². The maximum atomic E-state index is 5.67. The van der Waals surface area contributed by atoms with E-state index < -0.39 is 0 Å². The van der Waals surface area contributed by atoms with Crippen molar-refractivity contribution in [3.05, 3.63) is 24.0 Å². The lowest BCUT2D eigenvalue weighted by Crippen LogP contribution is -2.33. The predicted octanol–water partition coefficient (Wildman–Crippen LogP) is 2.76. The SMILES string of the molecule is CCC1CC(Nc2cnccc2C)CCO1.